The molecule has 2 nitrogen and oxygen atoms in total. The van der Waals surface area contributed by atoms with E-state index in [1.807, 2.05) is 18.3 Å². The van der Waals surface area contributed by atoms with Crippen LogP contribution in [0.4, 0.5) is 5.69 Å². The molecule has 0 spiro atoms. The molecule has 0 amide bonds. The van der Waals surface area contributed by atoms with Gasteiger partial charge in [-0.1, -0.05) is 103 Å². The molecule has 0 radical (unpaired) electrons. The lowest BCUT2D eigenvalue weighted by atomic mass is 9.92. The number of nitrogens with zero attached hydrogens (tertiary/aromatic N) is 2. The highest BCUT2D eigenvalue weighted by Gasteiger charge is 2.11. The summed E-state index contributed by atoms with van der Waals surface area (Å²) in [5, 5.41) is 14.6. The van der Waals surface area contributed by atoms with E-state index in [1.165, 1.54) is 43.4 Å². The molecule has 0 aromatic heterocycles. The SMILES string of the molecule is CN(/N=C/c1ccc2ccc3cccc4ccc1c2c34)c1ccccc1Cc1ccccc1. The Kier molecular flexibility index (Phi) is 4.77. The molecule has 2 heteroatoms. The zero-order valence-electron chi connectivity index (χ0n) is 18.6. The summed E-state index contributed by atoms with van der Waals surface area (Å²) in [5.41, 5.74) is 4.82. The van der Waals surface area contributed by atoms with Gasteiger partial charge in [-0.3, -0.25) is 5.01 Å². The minimum Gasteiger partial charge on any atom is -0.268 e. The second-order valence-corrected chi connectivity index (χ2v) is 8.57. The van der Waals surface area contributed by atoms with Crippen molar-refractivity contribution in [3.05, 3.63) is 126 Å². The molecule has 158 valence electrons. The number of anilines is 1. The summed E-state index contributed by atoms with van der Waals surface area (Å²) in [6.07, 6.45) is 2.88. The van der Waals surface area contributed by atoms with Gasteiger partial charge >= 0.3 is 0 Å². The third kappa shape index (κ3) is 3.50. The average molecular weight is 425 g/mol. The second kappa shape index (κ2) is 8.07. The summed E-state index contributed by atoms with van der Waals surface area (Å²) in [6.45, 7) is 0. The van der Waals surface area contributed by atoms with Crippen LogP contribution in [0.1, 0.15) is 16.7 Å². The van der Waals surface area contributed by atoms with Crippen LogP contribution in [0.5, 0.6) is 0 Å². The highest BCUT2D eigenvalue weighted by Crippen LogP contribution is 2.35. The predicted molar refractivity (Wildman–Crippen MR) is 142 cm³/mol. The molecule has 6 aromatic carbocycles. The average Bonchev–Trinajstić information content (AvgIpc) is 2.87. The summed E-state index contributed by atoms with van der Waals surface area (Å²) in [5.74, 6) is 0. The third-order valence-corrected chi connectivity index (χ3v) is 6.51. The molecule has 33 heavy (non-hydrogen) atoms. The standard InChI is InChI=1S/C31H24N2/c1-33(29-13-6-5-10-26(29)20-22-8-3-2-4-9-22)32-21-27-17-16-25-15-14-23-11-7-12-24-18-19-28(27)31(25)30(23)24/h2-19,21H,20H2,1H3/b32-21+. The summed E-state index contributed by atoms with van der Waals surface area (Å²) in [7, 11) is 2.02. The maximum Gasteiger partial charge on any atom is 0.0625 e. The van der Waals surface area contributed by atoms with Crippen molar-refractivity contribution in [1.82, 2.24) is 0 Å². The Hall–Kier alpha value is -4.17. The first kappa shape index (κ1) is 19.5. The quantitative estimate of drug-likeness (QED) is 0.158. The summed E-state index contributed by atoms with van der Waals surface area (Å²) in [4.78, 5) is 0. The van der Waals surface area contributed by atoms with Gasteiger partial charge in [0, 0.05) is 12.6 Å². The van der Waals surface area contributed by atoms with Crippen molar-refractivity contribution >= 4 is 44.2 Å². The van der Waals surface area contributed by atoms with E-state index in [0.29, 0.717) is 0 Å². The molecular formula is C31H24N2. The maximum atomic E-state index is 4.86. The Labute approximate surface area is 193 Å². The van der Waals surface area contributed by atoms with Crippen LogP contribution in [-0.2, 0) is 6.42 Å². The summed E-state index contributed by atoms with van der Waals surface area (Å²) < 4.78 is 0. The molecule has 0 saturated carbocycles. The van der Waals surface area contributed by atoms with E-state index in [0.717, 1.165) is 17.7 Å². The van der Waals surface area contributed by atoms with Crippen molar-refractivity contribution in [2.24, 2.45) is 5.10 Å². The third-order valence-electron chi connectivity index (χ3n) is 6.51. The lowest BCUT2D eigenvalue weighted by molar-refractivity contribution is 1.00. The van der Waals surface area contributed by atoms with E-state index in [9.17, 15) is 0 Å². The van der Waals surface area contributed by atoms with Crippen LogP contribution in [0.3, 0.4) is 0 Å². The zero-order valence-corrected chi connectivity index (χ0v) is 18.6. The molecule has 0 unspecified atom stereocenters. The van der Waals surface area contributed by atoms with E-state index in [1.54, 1.807) is 0 Å². The smallest absolute Gasteiger partial charge is 0.0625 e. The normalized spacial score (nSPS) is 11.8. The van der Waals surface area contributed by atoms with Gasteiger partial charge in [0.1, 0.15) is 0 Å². The minimum absolute atomic E-state index is 0.885. The van der Waals surface area contributed by atoms with Gasteiger partial charge in [-0.25, -0.2) is 0 Å². The lowest BCUT2D eigenvalue weighted by Gasteiger charge is -2.18. The Morgan fingerprint density at radius 3 is 2.12 bits per heavy atom. The van der Waals surface area contributed by atoms with E-state index < -0.39 is 0 Å². The van der Waals surface area contributed by atoms with Crippen LogP contribution in [0.15, 0.2) is 114 Å². The van der Waals surface area contributed by atoms with Gasteiger partial charge in [0.05, 0.1) is 11.9 Å². The van der Waals surface area contributed by atoms with Crippen LogP contribution in [-0.4, -0.2) is 13.3 Å². The first-order valence-corrected chi connectivity index (χ1v) is 11.3. The lowest BCUT2D eigenvalue weighted by Crippen LogP contribution is -2.11. The van der Waals surface area contributed by atoms with Gasteiger partial charge in [-0.2, -0.15) is 5.10 Å². The highest BCUT2D eigenvalue weighted by molar-refractivity contribution is 6.25. The number of benzene rings is 6. The molecule has 6 aromatic rings. The molecule has 0 N–H and O–H groups in total. The van der Waals surface area contributed by atoms with Crippen molar-refractivity contribution in [2.75, 3.05) is 12.1 Å². The highest BCUT2D eigenvalue weighted by atomic mass is 15.4. The van der Waals surface area contributed by atoms with Gasteiger partial charge in [0.15, 0.2) is 0 Å². The molecule has 0 aliphatic heterocycles. The van der Waals surface area contributed by atoms with Gasteiger partial charge in [0.25, 0.3) is 0 Å². The number of hydrazone groups is 1. The Morgan fingerprint density at radius 1 is 0.636 bits per heavy atom. The Morgan fingerprint density at radius 2 is 1.30 bits per heavy atom. The van der Waals surface area contributed by atoms with Gasteiger partial charge < -0.3 is 0 Å². The van der Waals surface area contributed by atoms with Crippen LogP contribution in [0.2, 0.25) is 0 Å². The van der Waals surface area contributed by atoms with Crippen molar-refractivity contribution < 1.29 is 0 Å². The molecule has 0 heterocycles. The van der Waals surface area contributed by atoms with Gasteiger partial charge in [0.2, 0.25) is 0 Å². The number of rotatable bonds is 5. The number of hydrogen-bond donors (Lipinski definition) is 0. The topological polar surface area (TPSA) is 15.6 Å². The fourth-order valence-corrected chi connectivity index (χ4v) is 4.87. The first-order chi connectivity index (χ1) is 16.3. The largest absolute Gasteiger partial charge is 0.268 e. The monoisotopic (exact) mass is 424 g/mol. The summed E-state index contributed by atoms with van der Waals surface area (Å²) >= 11 is 0. The Balaban J connectivity index is 1.39. The number of para-hydroxylation sites is 1. The number of hydrogen-bond acceptors (Lipinski definition) is 2. The van der Waals surface area contributed by atoms with E-state index in [4.69, 9.17) is 5.10 Å². The molecule has 6 rings (SSSR count). The van der Waals surface area contributed by atoms with Crippen molar-refractivity contribution in [3.8, 4) is 0 Å². The predicted octanol–water partition coefficient (Wildman–Crippen LogP) is 7.65. The second-order valence-electron chi connectivity index (χ2n) is 8.57. The molecule has 0 saturated heterocycles. The summed E-state index contributed by atoms with van der Waals surface area (Å²) in [6, 6.07) is 38.9. The zero-order chi connectivity index (χ0) is 22.2. The maximum absolute atomic E-state index is 4.86. The van der Waals surface area contributed by atoms with Crippen molar-refractivity contribution in [1.29, 1.82) is 0 Å². The molecule has 0 aliphatic carbocycles. The van der Waals surface area contributed by atoms with Gasteiger partial charge in [-0.15, -0.1) is 0 Å². The van der Waals surface area contributed by atoms with E-state index in [-0.39, 0.29) is 0 Å². The van der Waals surface area contributed by atoms with Crippen LogP contribution in [0.25, 0.3) is 32.3 Å². The molecule has 0 bridgehead atoms. The van der Waals surface area contributed by atoms with E-state index >= 15 is 0 Å². The first-order valence-electron chi connectivity index (χ1n) is 11.3. The molecular weight excluding hydrogens is 400 g/mol. The minimum atomic E-state index is 0.885. The molecule has 0 aliphatic rings. The van der Waals surface area contributed by atoms with Crippen molar-refractivity contribution in [2.45, 2.75) is 6.42 Å². The fraction of sp³-hybridized carbons (Fsp3) is 0.0645. The van der Waals surface area contributed by atoms with Crippen LogP contribution < -0.4 is 5.01 Å². The van der Waals surface area contributed by atoms with Crippen molar-refractivity contribution in [3.63, 3.8) is 0 Å². The Bertz CT molecular complexity index is 1580. The van der Waals surface area contributed by atoms with Gasteiger partial charge in [-0.05, 0) is 55.9 Å². The fourth-order valence-electron chi connectivity index (χ4n) is 4.87. The molecule has 0 fully saturated rings. The van der Waals surface area contributed by atoms with Crippen LogP contribution in [0, 0.1) is 0 Å². The molecule has 0 atom stereocenters. The van der Waals surface area contributed by atoms with E-state index in [2.05, 4.69) is 109 Å². The van der Waals surface area contributed by atoms with Crippen LogP contribution >= 0.6 is 0 Å².